The number of H-pyrrole nitrogens is 1. The largest absolute Gasteiger partial charge is 0.372 e. The maximum atomic E-state index is 6.04. The standard InChI is InChI=1S/C10H10ClN3/c1-12-10-6-9(13-14-10)7-4-2-3-5-8(7)11/h2-6H,1H3,(H2,12,13,14). The Bertz CT molecular complexity index is 436. The second-order valence-corrected chi connectivity index (χ2v) is 3.30. The highest BCUT2D eigenvalue weighted by atomic mass is 35.5. The van der Waals surface area contributed by atoms with Crippen LogP contribution in [0.25, 0.3) is 11.3 Å². The molecule has 0 saturated carbocycles. The first kappa shape index (κ1) is 9.09. The minimum Gasteiger partial charge on any atom is -0.372 e. The Balaban J connectivity index is 2.44. The summed E-state index contributed by atoms with van der Waals surface area (Å²) in [5, 5.41) is 10.6. The third kappa shape index (κ3) is 1.59. The van der Waals surface area contributed by atoms with Crippen LogP contribution >= 0.6 is 11.6 Å². The molecular formula is C10H10ClN3. The predicted molar refractivity (Wildman–Crippen MR) is 58.6 cm³/mol. The van der Waals surface area contributed by atoms with Gasteiger partial charge in [-0.2, -0.15) is 5.10 Å². The van der Waals surface area contributed by atoms with E-state index in [-0.39, 0.29) is 0 Å². The Hall–Kier alpha value is -1.48. The average molecular weight is 208 g/mol. The molecule has 0 aliphatic rings. The number of aromatic nitrogens is 2. The summed E-state index contributed by atoms with van der Waals surface area (Å²) >= 11 is 6.04. The van der Waals surface area contributed by atoms with Crippen molar-refractivity contribution in [1.82, 2.24) is 10.2 Å². The zero-order valence-corrected chi connectivity index (χ0v) is 8.47. The Morgan fingerprint density at radius 3 is 2.79 bits per heavy atom. The molecule has 0 unspecified atom stereocenters. The topological polar surface area (TPSA) is 40.7 Å². The van der Waals surface area contributed by atoms with Crippen LogP contribution in [0, 0.1) is 0 Å². The van der Waals surface area contributed by atoms with Gasteiger partial charge in [0.2, 0.25) is 0 Å². The van der Waals surface area contributed by atoms with Gasteiger partial charge in [0.1, 0.15) is 5.82 Å². The number of hydrogen-bond acceptors (Lipinski definition) is 2. The Kier molecular flexibility index (Phi) is 2.41. The lowest BCUT2D eigenvalue weighted by Gasteiger charge is -1.98. The van der Waals surface area contributed by atoms with Crippen LogP contribution in [0.3, 0.4) is 0 Å². The van der Waals surface area contributed by atoms with Gasteiger partial charge in [-0.1, -0.05) is 29.8 Å². The fraction of sp³-hybridized carbons (Fsp3) is 0.100. The summed E-state index contributed by atoms with van der Waals surface area (Å²) < 4.78 is 0. The molecule has 1 aromatic carbocycles. The molecule has 0 aliphatic carbocycles. The lowest BCUT2D eigenvalue weighted by atomic mass is 10.1. The second kappa shape index (κ2) is 3.72. The van der Waals surface area contributed by atoms with Crippen molar-refractivity contribution in [2.75, 3.05) is 12.4 Å². The van der Waals surface area contributed by atoms with Gasteiger partial charge in [0, 0.05) is 23.7 Å². The SMILES string of the molecule is CNc1cc(-c2ccccc2Cl)[nH]n1. The van der Waals surface area contributed by atoms with Crippen molar-refractivity contribution in [3.63, 3.8) is 0 Å². The number of hydrogen-bond donors (Lipinski definition) is 2. The Labute approximate surface area is 87.1 Å². The number of nitrogens with zero attached hydrogens (tertiary/aromatic N) is 1. The Morgan fingerprint density at radius 1 is 1.36 bits per heavy atom. The maximum Gasteiger partial charge on any atom is 0.148 e. The Morgan fingerprint density at radius 2 is 2.14 bits per heavy atom. The summed E-state index contributed by atoms with van der Waals surface area (Å²) in [5.41, 5.74) is 1.88. The van der Waals surface area contributed by atoms with Gasteiger partial charge < -0.3 is 5.32 Å². The van der Waals surface area contributed by atoms with E-state index in [2.05, 4.69) is 15.5 Å². The van der Waals surface area contributed by atoms with Gasteiger partial charge >= 0.3 is 0 Å². The van der Waals surface area contributed by atoms with Crippen LogP contribution in [0.5, 0.6) is 0 Å². The third-order valence-electron chi connectivity index (χ3n) is 2.00. The first-order chi connectivity index (χ1) is 6.81. The zero-order chi connectivity index (χ0) is 9.97. The quantitative estimate of drug-likeness (QED) is 0.795. The summed E-state index contributed by atoms with van der Waals surface area (Å²) in [6.07, 6.45) is 0. The third-order valence-corrected chi connectivity index (χ3v) is 2.33. The fourth-order valence-electron chi connectivity index (χ4n) is 1.27. The molecule has 0 amide bonds. The van der Waals surface area contributed by atoms with Gasteiger partial charge in [0.15, 0.2) is 0 Å². The number of anilines is 1. The molecule has 0 atom stereocenters. The summed E-state index contributed by atoms with van der Waals surface area (Å²) in [5.74, 6) is 0.805. The lowest BCUT2D eigenvalue weighted by molar-refractivity contribution is 1.09. The van der Waals surface area contributed by atoms with E-state index in [1.807, 2.05) is 37.4 Å². The van der Waals surface area contributed by atoms with E-state index >= 15 is 0 Å². The molecule has 0 fully saturated rings. The average Bonchev–Trinajstić information content (AvgIpc) is 2.67. The molecule has 0 radical (unpaired) electrons. The molecule has 2 N–H and O–H groups in total. The summed E-state index contributed by atoms with van der Waals surface area (Å²) in [6.45, 7) is 0. The molecule has 0 spiro atoms. The van der Waals surface area contributed by atoms with E-state index in [0.717, 1.165) is 22.1 Å². The van der Waals surface area contributed by atoms with Crippen molar-refractivity contribution in [3.8, 4) is 11.3 Å². The number of rotatable bonds is 2. The van der Waals surface area contributed by atoms with Crippen LogP contribution < -0.4 is 5.32 Å². The lowest BCUT2D eigenvalue weighted by Crippen LogP contribution is -1.85. The number of benzene rings is 1. The highest BCUT2D eigenvalue weighted by molar-refractivity contribution is 6.33. The van der Waals surface area contributed by atoms with E-state index in [9.17, 15) is 0 Å². The summed E-state index contributed by atoms with van der Waals surface area (Å²) in [4.78, 5) is 0. The smallest absolute Gasteiger partial charge is 0.148 e. The molecular weight excluding hydrogens is 198 g/mol. The minimum atomic E-state index is 0.721. The van der Waals surface area contributed by atoms with E-state index in [0.29, 0.717) is 0 Å². The zero-order valence-electron chi connectivity index (χ0n) is 7.71. The van der Waals surface area contributed by atoms with Crippen LogP contribution in [0.15, 0.2) is 30.3 Å². The highest BCUT2D eigenvalue weighted by Gasteiger charge is 2.05. The minimum absolute atomic E-state index is 0.721. The molecule has 0 aliphatic heterocycles. The van der Waals surface area contributed by atoms with E-state index in [4.69, 9.17) is 11.6 Å². The molecule has 1 heterocycles. The van der Waals surface area contributed by atoms with Crippen molar-refractivity contribution in [2.45, 2.75) is 0 Å². The van der Waals surface area contributed by atoms with Crippen LogP contribution in [0.2, 0.25) is 5.02 Å². The van der Waals surface area contributed by atoms with Crippen molar-refractivity contribution >= 4 is 17.4 Å². The van der Waals surface area contributed by atoms with Gasteiger partial charge in [-0.25, -0.2) is 0 Å². The number of aromatic amines is 1. The van der Waals surface area contributed by atoms with Crippen molar-refractivity contribution < 1.29 is 0 Å². The summed E-state index contributed by atoms with van der Waals surface area (Å²) in [6, 6.07) is 9.58. The first-order valence-electron chi connectivity index (χ1n) is 4.29. The van der Waals surface area contributed by atoms with E-state index in [1.54, 1.807) is 0 Å². The molecule has 0 bridgehead atoms. The first-order valence-corrected chi connectivity index (χ1v) is 4.67. The van der Waals surface area contributed by atoms with Gasteiger partial charge in [-0.15, -0.1) is 0 Å². The monoisotopic (exact) mass is 207 g/mol. The molecule has 14 heavy (non-hydrogen) atoms. The second-order valence-electron chi connectivity index (χ2n) is 2.90. The van der Waals surface area contributed by atoms with Gasteiger partial charge in [0.05, 0.1) is 5.69 Å². The number of nitrogens with one attached hydrogen (secondary N) is 2. The van der Waals surface area contributed by atoms with Gasteiger partial charge in [-0.3, -0.25) is 5.10 Å². The van der Waals surface area contributed by atoms with Crippen molar-refractivity contribution in [1.29, 1.82) is 0 Å². The van der Waals surface area contributed by atoms with Crippen LogP contribution in [0.4, 0.5) is 5.82 Å². The molecule has 0 saturated heterocycles. The molecule has 1 aromatic heterocycles. The molecule has 2 aromatic rings. The van der Waals surface area contributed by atoms with Crippen LogP contribution in [0.1, 0.15) is 0 Å². The summed E-state index contributed by atoms with van der Waals surface area (Å²) in [7, 11) is 1.83. The number of halogens is 1. The molecule has 4 heteroatoms. The van der Waals surface area contributed by atoms with Crippen molar-refractivity contribution in [2.24, 2.45) is 0 Å². The van der Waals surface area contributed by atoms with Gasteiger partial charge in [-0.05, 0) is 6.07 Å². The van der Waals surface area contributed by atoms with Gasteiger partial charge in [0.25, 0.3) is 0 Å². The maximum absolute atomic E-state index is 6.04. The normalized spacial score (nSPS) is 10.1. The van der Waals surface area contributed by atoms with Crippen molar-refractivity contribution in [3.05, 3.63) is 35.4 Å². The molecule has 72 valence electrons. The fourth-order valence-corrected chi connectivity index (χ4v) is 1.50. The highest BCUT2D eigenvalue weighted by Crippen LogP contribution is 2.26. The predicted octanol–water partition coefficient (Wildman–Crippen LogP) is 2.77. The van der Waals surface area contributed by atoms with E-state index < -0.39 is 0 Å². The van der Waals surface area contributed by atoms with Crippen LogP contribution in [-0.2, 0) is 0 Å². The molecule has 3 nitrogen and oxygen atoms in total. The van der Waals surface area contributed by atoms with E-state index in [1.165, 1.54) is 0 Å². The molecule has 2 rings (SSSR count). The van der Waals surface area contributed by atoms with Crippen LogP contribution in [-0.4, -0.2) is 17.2 Å².